The minimum absolute atomic E-state index is 0.0196. The van der Waals surface area contributed by atoms with Crippen LogP contribution in [0.5, 0.6) is 0 Å². The van der Waals surface area contributed by atoms with Crippen molar-refractivity contribution >= 4 is 0 Å². The SMILES string of the molecule is CCCc1ccc(C(C)NC(CO)c2ccco2)cc1. The molecule has 0 radical (unpaired) electrons. The van der Waals surface area contributed by atoms with E-state index in [1.54, 1.807) is 6.26 Å². The van der Waals surface area contributed by atoms with Crippen LogP contribution in [0.3, 0.4) is 0 Å². The minimum Gasteiger partial charge on any atom is -0.468 e. The van der Waals surface area contributed by atoms with Gasteiger partial charge in [-0.25, -0.2) is 0 Å². The average Bonchev–Trinajstić information content (AvgIpc) is 2.99. The molecule has 0 fully saturated rings. The van der Waals surface area contributed by atoms with E-state index in [1.165, 1.54) is 11.1 Å². The maximum Gasteiger partial charge on any atom is 0.123 e. The van der Waals surface area contributed by atoms with Crippen LogP contribution in [0.15, 0.2) is 47.1 Å². The molecule has 0 amide bonds. The van der Waals surface area contributed by atoms with Gasteiger partial charge in [-0.3, -0.25) is 5.32 Å². The quantitative estimate of drug-likeness (QED) is 0.810. The molecule has 1 aromatic heterocycles. The van der Waals surface area contributed by atoms with E-state index in [1.807, 2.05) is 12.1 Å². The Kier molecular flexibility index (Phi) is 5.39. The number of rotatable bonds is 7. The highest BCUT2D eigenvalue weighted by atomic mass is 16.3. The van der Waals surface area contributed by atoms with Crippen molar-refractivity contribution in [3.05, 3.63) is 59.5 Å². The summed E-state index contributed by atoms with van der Waals surface area (Å²) in [5, 5.41) is 12.9. The summed E-state index contributed by atoms with van der Waals surface area (Å²) < 4.78 is 5.35. The van der Waals surface area contributed by atoms with Crippen molar-refractivity contribution in [1.82, 2.24) is 5.32 Å². The van der Waals surface area contributed by atoms with Gasteiger partial charge >= 0.3 is 0 Å². The zero-order chi connectivity index (χ0) is 14.4. The second kappa shape index (κ2) is 7.27. The van der Waals surface area contributed by atoms with Gasteiger partial charge in [0, 0.05) is 6.04 Å². The molecular weight excluding hydrogens is 250 g/mol. The molecule has 0 bridgehead atoms. The molecular formula is C17H23NO2. The molecule has 0 saturated heterocycles. The Morgan fingerprint density at radius 3 is 2.50 bits per heavy atom. The van der Waals surface area contributed by atoms with Gasteiger partial charge in [0.1, 0.15) is 5.76 Å². The van der Waals surface area contributed by atoms with Crippen molar-refractivity contribution in [1.29, 1.82) is 0 Å². The lowest BCUT2D eigenvalue weighted by atomic mass is 10.0. The molecule has 0 aliphatic heterocycles. The molecule has 0 saturated carbocycles. The Hall–Kier alpha value is -1.58. The first-order valence-corrected chi connectivity index (χ1v) is 7.23. The summed E-state index contributed by atoms with van der Waals surface area (Å²) in [6, 6.07) is 12.4. The van der Waals surface area contributed by atoms with Crippen molar-refractivity contribution in [2.75, 3.05) is 6.61 Å². The van der Waals surface area contributed by atoms with Crippen LogP contribution in [-0.2, 0) is 6.42 Å². The van der Waals surface area contributed by atoms with Gasteiger partial charge in [-0.2, -0.15) is 0 Å². The summed E-state index contributed by atoms with van der Waals surface area (Å²) in [6.45, 7) is 4.31. The lowest BCUT2D eigenvalue weighted by molar-refractivity contribution is 0.217. The Labute approximate surface area is 120 Å². The fourth-order valence-electron chi connectivity index (χ4n) is 2.37. The predicted molar refractivity (Wildman–Crippen MR) is 80.5 cm³/mol. The van der Waals surface area contributed by atoms with Crippen molar-refractivity contribution in [3.8, 4) is 0 Å². The van der Waals surface area contributed by atoms with Gasteiger partial charge in [-0.15, -0.1) is 0 Å². The zero-order valence-electron chi connectivity index (χ0n) is 12.2. The van der Waals surface area contributed by atoms with Crippen LogP contribution in [-0.4, -0.2) is 11.7 Å². The topological polar surface area (TPSA) is 45.4 Å². The van der Waals surface area contributed by atoms with Crippen molar-refractivity contribution in [2.24, 2.45) is 0 Å². The van der Waals surface area contributed by atoms with Crippen LogP contribution in [0.2, 0.25) is 0 Å². The van der Waals surface area contributed by atoms with Crippen molar-refractivity contribution in [2.45, 2.75) is 38.8 Å². The first-order valence-electron chi connectivity index (χ1n) is 7.23. The maximum atomic E-state index is 9.49. The van der Waals surface area contributed by atoms with E-state index in [2.05, 4.69) is 43.4 Å². The molecule has 3 heteroatoms. The molecule has 1 aromatic carbocycles. The Bertz CT molecular complexity index is 490. The van der Waals surface area contributed by atoms with Gasteiger partial charge < -0.3 is 9.52 Å². The number of nitrogens with one attached hydrogen (secondary N) is 1. The van der Waals surface area contributed by atoms with Crippen molar-refractivity contribution < 1.29 is 9.52 Å². The molecule has 3 nitrogen and oxygen atoms in total. The second-order valence-corrected chi connectivity index (χ2v) is 5.13. The number of hydrogen-bond donors (Lipinski definition) is 2. The minimum atomic E-state index is -0.171. The Balaban J connectivity index is 2.01. The number of furan rings is 1. The first-order chi connectivity index (χ1) is 9.74. The summed E-state index contributed by atoms with van der Waals surface area (Å²) in [7, 11) is 0. The standard InChI is InChI=1S/C17H23NO2/c1-3-5-14-7-9-15(10-8-14)13(2)18-16(12-19)17-6-4-11-20-17/h4,6-11,13,16,18-19H,3,5,12H2,1-2H3. The van der Waals surface area contributed by atoms with Gasteiger partial charge in [-0.1, -0.05) is 37.6 Å². The third-order valence-corrected chi connectivity index (χ3v) is 3.54. The normalized spacial score (nSPS) is 14.2. The van der Waals surface area contributed by atoms with E-state index in [-0.39, 0.29) is 18.7 Å². The monoisotopic (exact) mass is 273 g/mol. The average molecular weight is 273 g/mol. The molecule has 0 aliphatic carbocycles. The van der Waals surface area contributed by atoms with E-state index in [0.717, 1.165) is 18.6 Å². The maximum absolute atomic E-state index is 9.49. The summed E-state index contributed by atoms with van der Waals surface area (Å²) in [5.41, 5.74) is 2.59. The smallest absolute Gasteiger partial charge is 0.123 e. The van der Waals surface area contributed by atoms with Crippen molar-refractivity contribution in [3.63, 3.8) is 0 Å². The predicted octanol–water partition coefficient (Wildman–Crippen LogP) is 3.62. The van der Waals surface area contributed by atoms with E-state index < -0.39 is 0 Å². The van der Waals surface area contributed by atoms with E-state index in [4.69, 9.17) is 4.42 Å². The lowest BCUT2D eigenvalue weighted by Crippen LogP contribution is -2.27. The first kappa shape index (κ1) is 14.8. The molecule has 20 heavy (non-hydrogen) atoms. The number of aliphatic hydroxyl groups is 1. The summed E-state index contributed by atoms with van der Waals surface area (Å²) in [4.78, 5) is 0. The lowest BCUT2D eigenvalue weighted by Gasteiger charge is -2.20. The van der Waals surface area contributed by atoms with Gasteiger partial charge in [-0.05, 0) is 36.6 Å². The van der Waals surface area contributed by atoms with E-state index in [0.29, 0.717) is 0 Å². The number of benzene rings is 1. The van der Waals surface area contributed by atoms with Gasteiger partial charge in [0.2, 0.25) is 0 Å². The fourth-order valence-corrected chi connectivity index (χ4v) is 2.37. The summed E-state index contributed by atoms with van der Waals surface area (Å²) >= 11 is 0. The van der Waals surface area contributed by atoms with Crippen LogP contribution in [0, 0.1) is 0 Å². The zero-order valence-corrected chi connectivity index (χ0v) is 12.2. The highest BCUT2D eigenvalue weighted by Gasteiger charge is 2.16. The van der Waals surface area contributed by atoms with Crippen LogP contribution < -0.4 is 5.32 Å². The molecule has 2 aromatic rings. The Morgan fingerprint density at radius 2 is 1.95 bits per heavy atom. The molecule has 108 valence electrons. The third kappa shape index (κ3) is 3.71. The number of aryl methyl sites for hydroxylation is 1. The second-order valence-electron chi connectivity index (χ2n) is 5.13. The highest BCUT2D eigenvalue weighted by molar-refractivity contribution is 5.25. The van der Waals surface area contributed by atoms with Crippen LogP contribution >= 0.6 is 0 Å². The van der Waals surface area contributed by atoms with Gasteiger partial charge in [0.05, 0.1) is 18.9 Å². The molecule has 0 aliphatic rings. The molecule has 2 rings (SSSR count). The van der Waals surface area contributed by atoms with Crippen LogP contribution in [0.4, 0.5) is 0 Å². The largest absolute Gasteiger partial charge is 0.468 e. The van der Waals surface area contributed by atoms with Gasteiger partial charge in [0.25, 0.3) is 0 Å². The van der Waals surface area contributed by atoms with E-state index in [9.17, 15) is 5.11 Å². The molecule has 1 heterocycles. The van der Waals surface area contributed by atoms with Crippen LogP contribution in [0.1, 0.15) is 49.2 Å². The van der Waals surface area contributed by atoms with E-state index >= 15 is 0 Å². The van der Waals surface area contributed by atoms with Crippen LogP contribution in [0.25, 0.3) is 0 Å². The third-order valence-electron chi connectivity index (χ3n) is 3.54. The Morgan fingerprint density at radius 1 is 1.20 bits per heavy atom. The summed E-state index contributed by atoms with van der Waals surface area (Å²) in [6.07, 6.45) is 3.91. The fraction of sp³-hybridized carbons (Fsp3) is 0.412. The molecule has 2 N–H and O–H groups in total. The highest BCUT2D eigenvalue weighted by Crippen LogP contribution is 2.20. The number of aliphatic hydroxyl groups excluding tert-OH is 1. The molecule has 0 spiro atoms. The molecule has 2 unspecified atom stereocenters. The van der Waals surface area contributed by atoms with Gasteiger partial charge in [0.15, 0.2) is 0 Å². The number of hydrogen-bond acceptors (Lipinski definition) is 3. The molecule has 2 atom stereocenters. The summed E-state index contributed by atoms with van der Waals surface area (Å²) in [5.74, 6) is 0.766.